The minimum absolute atomic E-state index is 0.0206. The fourth-order valence-electron chi connectivity index (χ4n) is 3.12. The summed E-state index contributed by atoms with van der Waals surface area (Å²) in [4.78, 5) is 36.7. The summed E-state index contributed by atoms with van der Waals surface area (Å²) >= 11 is 0. The van der Waals surface area contributed by atoms with Crippen molar-refractivity contribution in [2.75, 3.05) is 19.6 Å². The number of nitrogens with zero attached hydrogens (tertiary/aromatic N) is 4. The Bertz CT molecular complexity index is 662. The highest BCUT2D eigenvalue weighted by Gasteiger charge is 2.28. The molecular formula is C16H25N5O4. The predicted octanol–water partition coefficient (Wildman–Crippen LogP) is 1.17. The van der Waals surface area contributed by atoms with Gasteiger partial charge in [0, 0.05) is 25.6 Å². The number of carbonyl (C=O) groups is 2. The molecule has 0 atom stereocenters. The summed E-state index contributed by atoms with van der Waals surface area (Å²) in [5, 5.41) is 18.0. The second-order valence-electron chi connectivity index (χ2n) is 6.38. The number of aromatic nitrogens is 2. The van der Waals surface area contributed by atoms with Crippen LogP contribution in [0, 0.1) is 29.9 Å². The molecule has 0 spiro atoms. The molecule has 9 heteroatoms. The molecule has 0 saturated carbocycles. The van der Waals surface area contributed by atoms with E-state index in [2.05, 4.69) is 10.4 Å². The lowest BCUT2D eigenvalue weighted by Gasteiger charge is -2.31. The van der Waals surface area contributed by atoms with Crippen molar-refractivity contribution in [1.29, 1.82) is 0 Å². The van der Waals surface area contributed by atoms with Gasteiger partial charge in [-0.15, -0.1) is 0 Å². The molecule has 138 valence electrons. The van der Waals surface area contributed by atoms with Crippen LogP contribution in [0.3, 0.4) is 0 Å². The highest BCUT2D eigenvalue weighted by Crippen LogP contribution is 2.22. The highest BCUT2D eigenvalue weighted by molar-refractivity contribution is 5.80. The molecule has 1 aliphatic heterocycles. The smallest absolute Gasteiger partial charge is 0.312 e. The summed E-state index contributed by atoms with van der Waals surface area (Å²) in [6, 6.07) is 0. The monoisotopic (exact) mass is 351 g/mol. The van der Waals surface area contributed by atoms with Crippen LogP contribution in [-0.4, -0.2) is 51.1 Å². The zero-order valence-corrected chi connectivity index (χ0v) is 14.9. The number of nitro groups is 1. The first kappa shape index (κ1) is 18.9. The van der Waals surface area contributed by atoms with Crippen LogP contribution >= 0.6 is 0 Å². The summed E-state index contributed by atoms with van der Waals surface area (Å²) in [6.07, 6.45) is 2.18. The van der Waals surface area contributed by atoms with Gasteiger partial charge >= 0.3 is 5.69 Å². The Morgan fingerprint density at radius 2 is 1.96 bits per heavy atom. The van der Waals surface area contributed by atoms with Gasteiger partial charge in [-0.25, -0.2) is 0 Å². The average molecular weight is 351 g/mol. The molecule has 1 fully saturated rings. The van der Waals surface area contributed by atoms with Crippen molar-refractivity contribution in [2.45, 2.75) is 46.6 Å². The molecule has 9 nitrogen and oxygen atoms in total. The van der Waals surface area contributed by atoms with Gasteiger partial charge in [-0.1, -0.05) is 6.92 Å². The van der Waals surface area contributed by atoms with E-state index in [0.717, 1.165) is 6.42 Å². The molecule has 2 heterocycles. The van der Waals surface area contributed by atoms with Gasteiger partial charge in [-0.2, -0.15) is 5.10 Å². The van der Waals surface area contributed by atoms with E-state index in [-0.39, 0.29) is 30.0 Å². The number of nitrogens with one attached hydrogen (secondary N) is 1. The van der Waals surface area contributed by atoms with Crippen LogP contribution < -0.4 is 5.32 Å². The van der Waals surface area contributed by atoms with Gasteiger partial charge in [-0.05, 0) is 33.1 Å². The van der Waals surface area contributed by atoms with Crippen molar-refractivity contribution in [2.24, 2.45) is 5.92 Å². The van der Waals surface area contributed by atoms with Gasteiger partial charge in [0.2, 0.25) is 11.8 Å². The molecule has 1 saturated heterocycles. The molecule has 1 aliphatic rings. The molecule has 0 radical (unpaired) electrons. The number of hydrogen-bond acceptors (Lipinski definition) is 5. The fourth-order valence-corrected chi connectivity index (χ4v) is 3.12. The standard InChI is InChI=1S/C16H25N5O4/c1-4-7-17-16(23)13-5-8-19(9-6-13)14(22)10-20-12(3)15(21(24)25)11(2)18-20/h13H,4-10H2,1-3H3,(H,17,23). The SMILES string of the molecule is CCCNC(=O)C1CCN(C(=O)Cn2nc(C)c([N+](=O)[O-])c2C)CC1. The molecule has 1 N–H and O–H groups in total. The normalized spacial score (nSPS) is 15.2. The molecule has 0 bridgehead atoms. The Morgan fingerprint density at radius 1 is 1.32 bits per heavy atom. The molecule has 0 unspecified atom stereocenters. The lowest BCUT2D eigenvalue weighted by molar-refractivity contribution is -0.386. The second kappa shape index (κ2) is 8.09. The maximum Gasteiger partial charge on any atom is 0.312 e. The maximum atomic E-state index is 12.5. The Hall–Kier alpha value is -2.45. The van der Waals surface area contributed by atoms with E-state index in [4.69, 9.17) is 0 Å². The first-order valence-electron chi connectivity index (χ1n) is 8.59. The van der Waals surface area contributed by atoms with Gasteiger partial charge in [0.25, 0.3) is 0 Å². The molecule has 2 amide bonds. The zero-order chi connectivity index (χ0) is 18.6. The molecule has 1 aromatic heterocycles. The summed E-state index contributed by atoms with van der Waals surface area (Å²) < 4.78 is 1.38. The van der Waals surface area contributed by atoms with E-state index in [1.807, 2.05) is 6.92 Å². The van der Waals surface area contributed by atoms with Gasteiger partial charge in [0.15, 0.2) is 0 Å². The van der Waals surface area contributed by atoms with Gasteiger partial charge in [-0.3, -0.25) is 24.4 Å². The largest absolute Gasteiger partial charge is 0.356 e. The fraction of sp³-hybridized carbons (Fsp3) is 0.688. The van der Waals surface area contributed by atoms with Crippen LogP contribution in [0.4, 0.5) is 5.69 Å². The van der Waals surface area contributed by atoms with Gasteiger partial charge < -0.3 is 10.2 Å². The highest BCUT2D eigenvalue weighted by atomic mass is 16.6. The summed E-state index contributed by atoms with van der Waals surface area (Å²) in [6.45, 7) is 6.85. The van der Waals surface area contributed by atoms with Crippen LogP contribution in [0.5, 0.6) is 0 Å². The molecule has 1 aromatic rings. The minimum Gasteiger partial charge on any atom is -0.356 e. The van der Waals surface area contributed by atoms with Crippen molar-refractivity contribution in [3.8, 4) is 0 Å². The third kappa shape index (κ3) is 4.34. The van der Waals surface area contributed by atoms with E-state index >= 15 is 0 Å². The van der Waals surface area contributed by atoms with Crippen LogP contribution in [0.25, 0.3) is 0 Å². The minimum atomic E-state index is -0.473. The third-order valence-electron chi connectivity index (χ3n) is 4.58. The summed E-state index contributed by atoms with van der Waals surface area (Å²) in [5.41, 5.74) is 0.644. The molecule has 25 heavy (non-hydrogen) atoms. The van der Waals surface area contributed by atoms with E-state index < -0.39 is 4.92 Å². The van der Waals surface area contributed by atoms with E-state index in [0.29, 0.717) is 43.9 Å². The predicted molar refractivity (Wildman–Crippen MR) is 91.0 cm³/mol. The number of amides is 2. The maximum absolute atomic E-state index is 12.5. The van der Waals surface area contributed by atoms with Crippen molar-refractivity contribution in [3.05, 3.63) is 21.5 Å². The van der Waals surface area contributed by atoms with E-state index in [9.17, 15) is 19.7 Å². The number of aryl methyl sites for hydroxylation is 1. The number of carbonyl (C=O) groups excluding carboxylic acids is 2. The summed E-state index contributed by atoms with van der Waals surface area (Å²) in [5.74, 6) is -0.124. The topological polar surface area (TPSA) is 110 Å². The number of rotatable bonds is 6. The number of piperidine rings is 1. The quantitative estimate of drug-likeness (QED) is 0.611. The van der Waals surface area contributed by atoms with Gasteiger partial charge in [0.1, 0.15) is 17.9 Å². The van der Waals surface area contributed by atoms with E-state index in [1.165, 1.54) is 4.68 Å². The second-order valence-corrected chi connectivity index (χ2v) is 6.38. The zero-order valence-electron chi connectivity index (χ0n) is 14.9. The van der Waals surface area contributed by atoms with Crippen molar-refractivity contribution in [1.82, 2.24) is 20.0 Å². The van der Waals surface area contributed by atoms with Gasteiger partial charge in [0.05, 0.1) is 4.92 Å². The Kier molecular flexibility index (Phi) is 6.11. The Morgan fingerprint density at radius 3 is 2.48 bits per heavy atom. The lowest BCUT2D eigenvalue weighted by Crippen LogP contribution is -2.44. The first-order valence-corrected chi connectivity index (χ1v) is 8.59. The first-order chi connectivity index (χ1) is 11.8. The Balaban J connectivity index is 1.92. The van der Waals surface area contributed by atoms with Crippen molar-refractivity contribution < 1.29 is 14.5 Å². The third-order valence-corrected chi connectivity index (χ3v) is 4.58. The lowest BCUT2D eigenvalue weighted by atomic mass is 9.96. The van der Waals surface area contributed by atoms with Crippen LogP contribution in [0.2, 0.25) is 0 Å². The van der Waals surface area contributed by atoms with Crippen molar-refractivity contribution in [3.63, 3.8) is 0 Å². The molecule has 0 aromatic carbocycles. The molecule has 2 rings (SSSR count). The van der Waals surface area contributed by atoms with Crippen LogP contribution in [0.1, 0.15) is 37.6 Å². The molecular weight excluding hydrogens is 326 g/mol. The van der Waals surface area contributed by atoms with Crippen LogP contribution in [-0.2, 0) is 16.1 Å². The number of likely N-dealkylation sites (tertiary alicyclic amines) is 1. The summed E-state index contributed by atoms with van der Waals surface area (Å²) in [7, 11) is 0. The van der Waals surface area contributed by atoms with Crippen LogP contribution in [0.15, 0.2) is 0 Å². The molecule has 0 aliphatic carbocycles. The Labute approximate surface area is 146 Å². The average Bonchev–Trinajstić information content (AvgIpc) is 2.86. The number of hydrogen-bond donors (Lipinski definition) is 1. The van der Waals surface area contributed by atoms with Crippen molar-refractivity contribution >= 4 is 17.5 Å². The van der Waals surface area contributed by atoms with E-state index in [1.54, 1.807) is 18.7 Å².